The molecule has 2 aromatic carbocycles. The van der Waals surface area contributed by atoms with E-state index in [0.717, 1.165) is 10.9 Å². The summed E-state index contributed by atoms with van der Waals surface area (Å²) in [6.07, 6.45) is -0.987. The Bertz CT molecular complexity index is 1040. The molecule has 7 heteroatoms. The number of hydrogen-bond acceptors (Lipinski definition) is 6. The van der Waals surface area contributed by atoms with Crippen LogP contribution in [0, 0.1) is 6.92 Å². The highest BCUT2D eigenvalue weighted by molar-refractivity contribution is 5.97. The van der Waals surface area contributed by atoms with E-state index in [2.05, 4.69) is 5.32 Å². The Hall–Kier alpha value is -3.48. The van der Waals surface area contributed by atoms with Gasteiger partial charge >= 0.3 is 5.97 Å². The lowest BCUT2D eigenvalue weighted by molar-refractivity contribution is -0.129. The molecule has 0 aliphatic rings. The minimum absolute atomic E-state index is 0.0673. The second-order valence-corrected chi connectivity index (χ2v) is 6.50. The predicted octanol–water partition coefficient (Wildman–Crippen LogP) is 3.62. The second kappa shape index (κ2) is 8.68. The molecule has 29 heavy (non-hydrogen) atoms. The molecular formula is C22H23NO6. The van der Waals surface area contributed by atoms with E-state index >= 15 is 0 Å². The average molecular weight is 397 g/mol. The fourth-order valence-electron chi connectivity index (χ4n) is 2.96. The highest BCUT2D eigenvalue weighted by Gasteiger charge is 2.24. The van der Waals surface area contributed by atoms with E-state index in [1.54, 1.807) is 39.3 Å². The van der Waals surface area contributed by atoms with E-state index in [1.165, 1.54) is 6.92 Å². The molecular weight excluding hydrogens is 374 g/mol. The number of nitrogens with one attached hydrogen (secondary N) is 1. The Morgan fingerprint density at radius 3 is 2.59 bits per heavy atom. The van der Waals surface area contributed by atoms with Crippen molar-refractivity contribution in [1.82, 2.24) is 5.32 Å². The predicted molar refractivity (Wildman–Crippen MR) is 107 cm³/mol. The van der Waals surface area contributed by atoms with Gasteiger partial charge < -0.3 is 23.9 Å². The maximum absolute atomic E-state index is 12.5. The van der Waals surface area contributed by atoms with Crippen molar-refractivity contribution in [3.05, 3.63) is 59.4 Å². The van der Waals surface area contributed by atoms with Crippen LogP contribution in [-0.2, 0) is 16.1 Å². The monoisotopic (exact) mass is 397 g/mol. The fourth-order valence-corrected chi connectivity index (χ4v) is 2.96. The van der Waals surface area contributed by atoms with Crippen LogP contribution in [0.25, 0.3) is 11.0 Å². The van der Waals surface area contributed by atoms with Crippen LogP contribution in [0.15, 0.2) is 46.9 Å². The Labute approximate surface area is 168 Å². The summed E-state index contributed by atoms with van der Waals surface area (Å²) >= 11 is 0. The number of rotatable bonds is 7. The maximum Gasteiger partial charge on any atom is 0.375 e. The SMILES string of the molecule is COc1ccc2oc(C(=O)O[C@@H](C)C(=O)NCc3ccccc3OC)c(C)c2c1. The lowest BCUT2D eigenvalue weighted by atomic mass is 10.1. The maximum atomic E-state index is 12.5. The molecule has 0 fully saturated rings. The number of carbonyl (C=O) groups excluding carboxylic acids is 2. The Morgan fingerprint density at radius 2 is 1.86 bits per heavy atom. The standard InChI is InChI=1S/C22H23NO6/c1-13-17-11-16(26-3)9-10-19(17)29-20(13)22(25)28-14(2)21(24)23-12-15-7-5-6-8-18(15)27-4/h5-11,14H,12H2,1-4H3,(H,23,24)/t14-/m0/s1. The third-order valence-electron chi connectivity index (χ3n) is 4.63. The van der Waals surface area contributed by atoms with Gasteiger partial charge in [0.1, 0.15) is 17.1 Å². The van der Waals surface area contributed by atoms with Crippen molar-refractivity contribution >= 4 is 22.8 Å². The molecule has 1 amide bonds. The number of para-hydroxylation sites is 1. The van der Waals surface area contributed by atoms with Crippen molar-refractivity contribution in [2.45, 2.75) is 26.5 Å². The van der Waals surface area contributed by atoms with Crippen LogP contribution in [0.3, 0.4) is 0 Å². The van der Waals surface area contributed by atoms with Gasteiger partial charge in [-0.3, -0.25) is 4.79 Å². The first-order valence-electron chi connectivity index (χ1n) is 9.12. The lowest BCUT2D eigenvalue weighted by Crippen LogP contribution is -2.35. The first kappa shape index (κ1) is 20.3. The first-order chi connectivity index (χ1) is 13.9. The summed E-state index contributed by atoms with van der Waals surface area (Å²) in [6.45, 7) is 3.53. The molecule has 0 aliphatic carbocycles. The van der Waals surface area contributed by atoms with E-state index in [-0.39, 0.29) is 12.3 Å². The van der Waals surface area contributed by atoms with Gasteiger partial charge in [-0.1, -0.05) is 18.2 Å². The van der Waals surface area contributed by atoms with Gasteiger partial charge in [-0.15, -0.1) is 0 Å². The Kier molecular flexibility index (Phi) is 6.07. The number of esters is 1. The van der Waals surface area contributed by atoms with E-state index < -0.39 is 18.0 Å². The number of benzene rings is 2. The Morgan fingerprint density at radius 1 is 1.10 bits per heavy atom. The minimum Gasteiger partial charge on any atom is -0.497 e. The lowest BCUT2D eigenvalue weighted by Gasteiger charge is -2.14. The van der Waals surface area contributed by atoms with Gasteiger partial charge in [-0.25, -0.2) is 4.79 Å². The third kappa shape index (κ3) is 4.34. The van der Waals surface area contributed by atoms with Crippen molar-refractivity contribution < 1.29 is 28.2 Å². The van der Waals surface area contributed by atoms with E-state index in [9.17, 15) is 9.59 Å². The van der Waals surface area contributed by atoms with Crippen molar-refractivity contribution in [1.29, 1.82) is 0 Å². The third-order valence-corrected chi connectivity index (χ3v) is 4.63. The van der Waals surface area contributed by atoms with Crippen molar-refractivity contribution in [3.63, 3.8) is 0 Å². The summed E-state index contributed by atoms with van der Waals surface area (Å²) in [5.41, 5.74) is 2.00. The average Bonchev–Trinajstić information content (AvgIpc) is 3.08. The van der Waals surface area contributed by atoms with Crippen LogP contribution in [0.5, 0.6) is 11.5 Å². The van der Waals surface area contributed by atoms with Gasteiger partial charge in [-0.2, -0.15) is 0 Å². The molecule has 0 spiro atoms. The van der Waals surface area contributed by atoms with Crippen LogP contribution >= 0.6 is 0 Å². The Balaban J connectivity index is 1.66. The summed E-state index contributed by atoms with van der Waals surface area (Å²) in [6, 6.07) is 12.6. The van der Waals surface area contributed by atoms with Crippen LogP contribution < -0.4 is 14.8 Å². The topological polar surface area (TPSA) is 87.0 Å². The number of ether oxygens (including phenoxy) is 3. The fraction of sp³-hybridized carbons (Fsp3) is 0.273. The smallest absolute Gasteiger partial charge is 0.375 e. The zero-order chi connectivity index (χ0) is 21.0. The molecule has 0 saturated heterocycles. The normalized spacial score (nSPS) is 11.7. The van der Waals surface area contributed by atoms with Crippen molar-refractivity contribution in [2.24, 2.45) is 0 Å². The van der Waals surface area contributed by atoms with E-state index in [4.69, 9.17) is 18.6 Å². The second-order valence-electron chi connectivity index (χ2n) is 6.50. The summed E-state index contributed by atoms with van der Waals surface area (Å²) in [7, 11) is 3.13. The number of carbonyl (C=O) groups is 2. The van der Waals surface area contributed by atoms with Gasteiger partial charge in [0, 0.05) is 23.1 Å². The van der Waals surface area contributed by atoms with Gasteiger partial charge in [0.25, 0.3) is 5.91 Å². The van der Waals surface area contributed by atoms with E-state index in [1.807, 2.05) is 24.3 Å². The highest BCUT2D eigenvalue weighted by atomic mass is 16.6. The molecule has 0 aliphatic heterocycles. The van der Waals surface area contributed by atoms with Crippen LogP contribution in [0.1, 0.15) is 28.6 Å². The molecule has 0 radical (unpaired) electrons. The zero-order valence-electron chi connectivity index (χ0n) is 16.8. The summed E-state index contributed by atoms with van der Waals surface area (Å²) < 4.78 is 21.4. The van der Waals surface area contributed by atoms with Crippen LogP contribution in [0.2, 0.25) is 0 Å². The molecule has 0 saturated carbocycles. The zero-order valence-corrected chi connectivity index (χ0v) is 16.8. The summed E-state index contributed by atoms with van der Waals surface area (Å²) in [4.78, 5) is 24.9. The van der Waals surface area contributed by atoms with Crippen molar-refractivity contribution in [2.75, 3.05) is 14.2 Å². The number of methoxy groups -OCH3 is 2. The largest absolute Gasteiger partial charge is 0.497 e. The van der Waals surface area contributed by atoms with Gasteiger partial charge in [0.05, 0.1) is 14.2 Å². The van der Waals surface area contributed by atoms with Crippen molar-refractivity contribution in [3.8, 4) is 11.5 Å². The first-order valence-corrected chi connectivity index (χ1v) is 9.12. The highest BCUT2D eigenvalue weighted by Crippen LogP contribution is 2.29. The number of fused-ring (bicyclic) bond motifs is 1. The molecule has 1 heterocycles. The molecule has 3 aromatic rings. The molecule has 0 unspecified atom stereocenters. The number of amides is 1. The molecule has 0 bridgehead atoms. The summed E-state index contributed by atoms with van der Waals surface area (Å²) in [5.74, 6) is 0.283. The molecule has 152 valence electrons. The number of hydrogen-bond donors (Lipinski definition) is 1. The van der Waals surface area contributed by atoms with Gasteiger partial charge in [0.15, 0.2) is 6.10 Å². The molecule has 1 aromatic heterocycles. The summed E-state index contributed by atoms with van der Waals surface area (Å²) in [5, 5.41) is 3.50. The van der Waals surface area contributed by atoms with Gasteiger partial charge in [-0.05, 0) is 38.1 Å². The molecule has 1 atom stereocenters. The van der Waals surface area contributed by atoms with Crippen LogP contribution in [-0.4, -0.2) is 32.2 Å². The van der Waals surface area contributed by atoms with Gasteiger partial charge in [0.2, 0.25) is 5.76 Å². The molecule has 3 rings (SSSR count). The quantitative estimate of drug-likeness (QED) is 0.613. The van der Waals surface area contributed by atoms with Crippen LogP contribution in [0.4, 0.5) is 0 Å². The molecule has 1 N–H and O–H groups in total. The minimum atomic E-state index is -0.987. The number of aryl methyl sites for hydroxylation is 1. The van der Waals surface area contributed by atoms with E-state index in [0.29, 0.717) is 22.6 Å². The molecule has 7 nitrogen and oxygen atoms in total. The number of furan rings is 1.